The van der Waals surface area contributed by atoms with Crippen LogP contribution in [0, 0.1) is 5.41 Å². The van der Waals surface area contributed by atoms with E-state index in [0.717, 1.165) is 5.56 Å². The van der Waals surface area contributed by atoms with Crippen molar-refractivity contribution in [2.75, 3.05) is 0 Å². The van der Waals surface area contributed by atoms with Crippen molar-refractivity contribution in [1.82, 2.24) is 0 Å². The molecule has 11 heavy (non-hydrogen) atoms. The maximum Gasteiger partial charge on any atom is 0.122 e. The third-order valence-electron chi connectivity index (χ3n) is 1.43. The van der Waals surface area contributed by atoms with Gasteiger partial charge in [0.1, 0.15) is 5.84 Å². The first-order valence-electron chi connectivity index (χ1n) is 3.25. The summed E-state index contributed by atoms with van der Waals surface area (Å²) in [5, 5.41) is 17.4. The van der Waals surface area contributed by atoms with Crippen LogP contribution in [0.5, 0.6) is 0 Å². The van der Waals surface area contributed by atoms with E-state index >= 15 is 0 Å². The Morgan fingerprint density at radius 3 is 2.27 bits per heavy atom. The molecule has 1 aromatic carbocycles. The summed E-state index contributed by atoms with van der Waals surface area (Å²) in [6.07, 6.45) is 0. The SMILES string of the molecule is N=C(N)c1ccc(C[O-])cc1. The summed E-state index contributed by atoms with van der Waals surface area (Å²) in [6, 6.07) is 6.72. The van der Waals surface area contributed by atoms with Gasteiger partial charge in [0.2, 0.25) is 0 Å². The van der Waals surface area contributed by atoms with E-state index in [1.165, 1.54) is 0 Å². The minimum atomic E-state index is -0.224. The average molecular weight is 149 g/mol. The zero-order chi connectivity index (χ0) is 8.27. The molecule has 3 heteroatoms. The molecule has 0 saturated carbocycles. The molecule has 1 rings (SSSR count). The smallest absolute Gasteiger partial charge is 0.122 e. The zero-order valence-electron chi connectivity index (χ0n) is 6.00. The van der Waals surface area contributed by atoms with Gasteiger partial charge in [0, 0.05) is 5.56 Å². The molecule has 0 bridgehead atoms. The van der Waals surface area contributed by atoms with Gasteiger partial charge in [-0.2, -0.15) is 0 Å². The molecule has 0 spiro atoms. The molecular formula is C8H9N2O-. The second-order valence-corrected chi connectivity index (χ2v) is 2.25. The van der Waals surface area contributed by atoms with Gasteiger partial charge in [0.25, 0.3) is 0 Å². The summed E-state index contributed by atoms with van der Waals surface area (Å²) >= 11 is 0. The third-order valence-corrected chi connectivity index (χ3v) is 1.43. The second kappa shape index (κ2) is 3.16. The van der Waals surface area contributed by atoms with Crippen LogP contribution < -0.4 is 10.8 Å². The highest BCUT2D eigenvalue weighted by molar-refractivity contribution is 5.94. The van der Waals surface area contributed by atoms with Crippen molar-refractivity contribution in [3.63, 3.8) is 0 Å². The van der Waals surface area contributed by atoms with Crippen LogP contribution in [0.4, 0.5) is 0 Å². The summed E-state index contributed by atoms with van der Waals surface area (Å²) in [4.78, 5) is 0. The summed E-state index contributed by atoms with van der Waals surface area (Å²) in [5.74, 6) is 0.0300. The van der Waals surface area contributed by atoms with Crippen molar-refractivity contribution < 1.29 is 5.11 Å². The van der Waals surface area contributed by atoms with Crippen LogP contribution >= 0.6 is 0 Å². The van der Waals surface area contributed by atoms with Crippen LogP contribution in [0.15, 0.2) is 24.3 Å². The maximum atomic E-state index is 10.3. The first-order valence-corrected chi connectivity index (χ1v) is 3.25. The highest BCUT2D eigenvalue weighted by Crippen LogP contribution is 2.01. The molecule has 0 amide bonds. The van der Waals surface area contributed by atoms with Crippen molar-refractivity contribution in [2.24, 2.45) is 5.73 Å². The fraction of sp³-hybridized carbons (Fsp3) is 0.125. The Hall–Kier alpha value is -1.35. The van der Waals surface area contributed by atoms with Crippen LogP contribution in [-0.2, 0) is 6.61 Å². The predicted octanol–water partition coefficient (Wildman–Crippen LogP) is -0.169. The summed E-state index contributed by atoms with van der Waals surface area (Å²) in [6.45, 7) is -0.224. The number of hydrogen-bond acceptors (Lipinski definition) is 2. The van der Waals surface area contributed by atoms with E-state index in [-0.39, 0.29) is 12.4 Å². The Balaban J connectivity index is 2.91. The Morgan fingerprint density at radius 2 is 1.91 bits per heavy atom. The van der Waals surface area contributed by atoms with Gasteiger partial charge in [-0.15, -0.1) is 6.61 Å². The second-order valence-electron chi connectivity index (χ2n) is 2.25. The molecule has 0 fully saturated rings. The van der Waals surface area contributed by atoms with Gasteiger partial charge in [-0.3, -0.25) is 5.41 Å². The topological polar surface area (TPSA) is 72.9 Å². The van der Waals surface area contributed by atoms with Crippen LogP contribution in [0.25, 0.3) is 0 Å². The van der Waals surface area contributed by atoms with Gasteiger partial charge in [-0.05, 0) is 0 Å². The molecule has 0 aliphatic carbocycles. The number of nitrogens with one attached hydrogen (secondary N) is 1. The first-order chi connectivity index (χ1) is 5.24. The zero-order valence-corrected chi connectivity index (χ0v) is 6.00. The van der Waals surface area contributed by atoms with Gasteiger partial charge in [-0.25, -0.2) is 0 Å². The molecule has 3 nitrogen and oxygen atoms in total. The number of benzene rings is 1. The van der Waals surface area contributed by atoms with Gasteiger partial charge in [-0.1, -0.05) is 29.8 Å². The molecular weight excluding hydrogens is 140 g/mol. The fourth-order valence-corrected chi connectivity index (χ4v) is 0.781. The summed E-state index contributed by atoms with van der Waals surface area (Å²) in [7, 11) is 0. The Morgan fingerprint density at radius 1 is 1.36 bits per heavy atom. The molecule has 0 aromatic heterocycles. The lowest BCUT2D eigenvalue weighted by molar-refractivity contribution is -0.386. The lowest BCUT2D eigenvalue weighted by atomic mass is 10.1. The molecule has 0 atom stereocenters. The molecule has 1 aromatic rings. The predicted molar refractivity (Wildman–Crippen MR) is 41.2 cm³/mol. The molecule has 0 saturated heterocycles. The van der Waals surface area contributed by atoms with E-state index in [2.05, 4.69) is 0 Å². The van der Waals surface area contributed by atoms with Crippen molar-refractivity contribution in [3.8, 4) is 0 Å². The third kappa shape index (κ3) is 1.78. The highest BCUT2D eigenvalue weighted by Gasteiger charge is 1.92. The van der Waals surface area contributed by atoms with E-state index in [0.29, 0.717) is 5.56 Å². The van der Waals surface area contributed by atoms with E-state index in [1.807, 2.05) is 0 Å². The maximum absolute atomic E-state index is 10.3. The molecule has 3 N–H and O–H groups in total. The average Bonchev–Trinajstić information content (AvgIpc) is 2.05. The van der Waals surface area contributed by atoms with Gasteiger partial charge >= 0.3 is 0 Å². The van der Waals surface area contributed by atoms with E-state index in [1.54, 1.807) is 24.3 Å². The first kappa shape index (κ1) is 7.75. The number of amidine groups is 1. The van der Waals surface area contributed by atoms with Crippen molar-refractivity contribution in [3.05, 3.63) is 35.4 Å². The van der Waals surface area contributed by atoms with E-state index < -0.39 is 0 Å². The van der Waals surface area contributed by atoms with Gasteiger partial charge in [0.15, 0.2) is 0 Å². The molecule has 0 aliphatic rings. The summed E-state index contributed by atoms with van der Waals surface area (Å²) in [5.41, 5.74) is 6.58. The Bertz CT molecular complexity index is 253. The molecule has 0 unspecified atom stereocenters. The van der Waals surface area contributed by atoms with Crippen LogP contribution in [-0.4, -0.2) is 5.84 Å². The van der Waals surface area contributed by atoms with E-state index in [4.69, 9.17) is 11.1 Å². The molecule has 0 radical (unpaired) electrons. The standard InChI is InChI=1S/C8H9N2O/c9-8(10)7-3-1-6(5-11)2-4-7/h1-4H,5H2,(H3,9,10)/q-1. The quantitative estimate of drug-likeness (QED) is 0.452. The number of rotatable bonds is 2. The summed E-state index contributed by atoms with van der Waals surface area (Å²) < 4.78 is 0. The number of nitrogens with two attached hydrogens (primary N) is 1. The minimum absolute atomic E-state index is 0.0300. The fourth-order valence-electron chi connectivity index (χ4n) is 0.781. The Kier molecular flexibility index (Phi) is 2.23. The minimum Gasteiger partial charge on any atom is -0.851 e. The monoisotopic (exact) mass is 149 g/mol. The van der Waals surface area contributed by atoms with E-state index in [9.17, 15) is 5.11 Å². The van der Waals surface area contributed by atoms with Gasteiger partial charge < -0.3 is 10.8 Å². The lowest BCUT2D eigenvalue weighted by Gasteiger charge is -2.04. The largest absolute Gasteiger partial charge is 0.851 e. The number of nitrogen functional groups attached to an aromatic ring is 1. The van der Waals surface area contributed by atoms with Crippen molar-refractivity contribution in [1.29, 1.82) is 5.41 Å². The molecule has 0 aliphatic heterocycles. The normalized spacial score (nSPS) is 9.55. The van der Waals surface area contributed by atoms with Crippen molar-refractivity contribution in [2.45, 2.75) is 6.61 Å². The van der Waals surface area contributed by atoms with Gasteiger partial charge in [0.05, 0.1) is 0 Å². The highest BCUT2D eigenvalue weighted by atomic mass is 16.3. The van der Waals surface area contributed by atoms with Crippen molar-refractivity contribution >= 4 is 5.84 Å². The molecule has 0 heterocycles. The van der Waals surface area contributed by atoms with Crippen LogP contribution in [0.1, 0.15) is 11.1 Å². The lowest BCUT2D eigenvalue weighted by Crippen LogP contribution is -2.11. The Labute approximate surface area is 65.0 Å². The van der Waals surface area contributed by atoms with Crippen LogP contribution in [0.3, 0.4) is 0 Å². The molecule has 58 valence electrons. The van der Waals surface area contributed by atoms with Crippen LogP contribution in [0.2, 0.25) is 0 Å². The number of hydrogen-bond donors (Lipinski definition) is 2.